The van der Waals surface area contributed by atoms with Crippen LogP contribution < -0.4 is 16.4 Å². The van der Waals surface area contributed by atoms with Gasteiger partial charge in [0.05, 0.1) is 17.3 Å². The summed E-state index contributed by atoms with van der Waals surface area (Å²) >= 11 is 6.07. The van der Waals surface area contributed by atoms with Gasteiger partial charge in [0.1, 0.15) is 0 Å². The molecule has 0 aromatic heterocycles. The SMILES string of the molecule is CNCC(=O)Nc1c(C)cc(CN)cc1Cl. The minimum Gasteiger partial charge on any atom is -0.326 e. The summed E-state index contributed by atoms with van der Waals surface area (Å²) in [5.41, 5.74) is 8.05. The first-order valence-corrected chi connectivity index (χ1v) is 5.39. The lowest BCUT2D eigenvalue weighted by molar-refractivity contribution is -0.115. The van der Waals surface area contributed by atoms with Gasteiger partial charge in [-0.05, 0) is 31.2 Å². The van der Waals surface area contributed by atoms with Gasteiger partial charge in [-0.2, -0.15) is 0 Å². The van der Waals surface area contributed by atoms with Gasteiger partial charge in [-0.1, -0.05) is 17.7 Å². The summed E-state index contributed by atoms with van der Waals surface area (Å²) in [6.45, 7) is 2.58. The monoisotopic (exact) mass is 241 g/mol. The van der Waals surface area contributed by atoms with E-state index in [9.17, 15) is 4.79 Å². The normalized spacial score (nSPS) is 10.2. The van der Waals surface area contributed by atoms with Crippen molar-refractivity contribution in [3.8, 4) is 0 Å². The minimum absolute atomic E-state index is 0.118. The van der Waals surface area contributed by atoms with Crippen LogP contribution in [0.4, 0.5) is 5.69 Å². The molecule has 0 saturated carbocycles. The van der Waals surface area contributed by atoms with E-state index in [1.807, 2.05) is 13.0 Å². The Kier molecular flexibility index (Phi) is 4.73. The van der Waals surface area contributed by atoms with Crippen molar-refractivity contribution in [2.45, 2.75) is 13.5 Å². The fourth-order valence-electron chi connectivity index (χ4n) is 1.44. The van der Waals surface area contributed by atoms with Crippen molar-refractivity contribution in [1.82, 2.24) is 5.32 Å². The third-order valence-corrected chi connectivity index (χ3v) is 2.48. The Bertz CT molecular complexity index is 370. The second kappa shape index (κ2) is 5.84. The van der Waals surface area contributed by atoms with E-state index >= 15 is 0 Å². The molecule has 0 bridgehead atoms. The van der Waals surface area contributed by atoms with Gasteiger partial charge in [0.15, 0.2) is 0 Å². The van der Waals surface area contributed by atoms with Crippen molar-refractivity contribution in [2.24, 2.45) is 5.73 Å². The Morgan fingerprint density at radius 1 is 1.50 bits per heavy atom. The molecule has 0 atom stereocenters. The first-order valence-electron chi connectivity index (χ1n) is 5.02. The standard InChI is InChI=1S/C11H16ClN3O/c1-7-3-8(5-13)4-9(12)11(7)15-10(16)6-14-2/h3-4,14H,5-6,13H2,1-2H3,(H,15,16). The molecule has 0 aliphatic heterocycles. The summed E-state index contributed by atoms with van der Waals surface area (Å²) in [4.78, 5) is 11.4. The highest BCUT2D eigenvalue weighted by atomic mass is 35.5. The van der Waals surface area contributed by atoms with Crippen molar-refractivity contribution >= 4 is 23.2 Å². The molecule has 0 radical (unpaired) electrons. The average Bonchev–Trinajstić information content (AvgIpc) is 2.23. The van der Waals surface area contributed by atoms with Crippen molar-refractivity contribution in [2.75, 3.05) is 18.9 Å². The Hall–Kier alpha value is -1.10. The minimum atomic E-state index is -0.118. The van der Waals surface area contributed by atoms with Gasteiger partial charge >= 0.3 is 0 Å². The number of amides is 1. The summed E-state index contributed by atoms with van der Waals surface area (Å²) in [7, 11) is 1.71. The molecule has 0 saturated heterocycles. The number of benzene rings is 1. The second-order valence-corrected chi connectivity index (χ2v) is 3.96. The molecule has 0 spiro atoms. The molecule has 16 heavy (non-hydrogen) atoms. The lowest BCUT2D eigenvalue weighted by atomic mass is 10.1. The van der Waals surface area contributed by atoms with Gasteiger partial charge in [-0.15, -0.1) is 0 Å². The van der Waals surface area contributed by atoms with Gasteiger partial charge in [0.2, 0.25) is 5.91 Å². The van der Waals surface area contributed by atoms with Gasteiger partial charge < -0.3 is 16.4 Å². The molecule has 1 aromatic rings. The van der Waals surface area contributed by atoms with E-state index in [1.54, 1.807) is 13.1 Å². The lowest BCUT2D eigenvalue weighted by Crippen LogP contribution is -2.25. The van der Waals surface area contributed by atoms with E-state index in [0.717, 1.165) is 11.1 Å². The number of aryl methyl sites for hydroxylation is 1. The zero-order valence-electron chi connectivity index (χ0n) is 9.43. The maximum Gasteiger partial charge on any atom is 0.238 e. The molecule has 5 heteroatoms. The predicted octanol–water partition coefficient (Wildman–Crippen LogP) is 1.27. The predicted molar refractivity (Wildman–Crippen MR) is 66.6 cm³/mol. The van der Waals surface area contributed by atoms with Crippen LogP contribution in [0.15, 0.2) is 12.1 Å². The molecule has 0 unspecified atom stereocenters. The zero-order chi connectivity index (χ0) is 12.1. The van der Waals surface area contributed by atoms with E-state index in [4.69, 9.17) is 17.3 Å². The molecular formula is C11H16ClN3O. The molecule has 0 fully saturated rings. The molecular weight excluding hydrogens is 226 g/mol. The number of nitrogens with two attached hydrogens (primary N) is 1. The van der Waals surface area contributed by atoms with Crippen LogP contribution in [0.3, 0.4) is 0 Å². The van der Waals surface area contributed by atoms with Crippen LogP contribution in [0.2, 0.25) is 5.02 Å². The van der Waals surface area contributed by atoms with E-state index in [-0.39, 0.29) is 12.5 Å². The Morgan fingerprint density at radius 2 is 2.19 bits per heavy atom. The number of likely N-dealkylation sites (N-methyl/N-ethyl adjacent to an activating group) is 1. The summed E-state index contributed by atoms with van der Waals surface area (Å²) in [6.07, 6.45) is 0. The zero-order valence-corrected chi connectivity index (χ0v) is 10.2. The maximum absolute atomic E-state index is 11.4. The van der Waals surface area contributed by atoms with Gasteiger partial charge in [0.25, 0.3) is 0 Å². The van der Waals surface area contributed by atoms with Crippen LogP contribution in [-0.2, 0) is 11.3 Å². The van der Waals surface area contributed by atoms with Gasteiger partial charge in [-0.25, -0.2) is 0 Å². The van der Waals surface area contributed by atoms with Crippen LogP contribution in [-0.4, -0.2) is 19.5 Å². The van der Waals surface area contributed by atoms with Crippen LogP contribution in [0.5, 0.6) is 0 Å². The molecule has 1 rings (SSSR count). The number of anilines is 1. The summed E-state index contributed by atoms with van der Waals surface area (Å²) < 4.78 is 0. The third kappa shape index (κ3) is 3.20. The van der Waals surface area contributed by atoms with Crippen molar-refractivity contribution < 1.29 is 4.79 Å². The molecule has 1 amide bonds. The lowest BCUT2D eigenvalue weighted by Gasteiger charge is -2.12. The highest BCUT2D eigenvalue weighted by Crippen LogP contribution is 2.27. The van der Waals surface area contributed by atoms with Crippen molar-refractivity contribution in [1.29, 1.82) is 0 Å². The first-order chi connectivity index (χ1) is 7.58. The highest BCUT2D eigenvalue weighted by molar-refractivity contribution is 6.34. The number of hydrogen-bond donors (Lipinski definition) is 3. The summed E-state index contributed by atoms with van der Waals surface area (Å²) in [5, 5.41) is 6.05. The molecule has 4 N–H and O–H groups in total. The van der Waals surface area contributed by atoms with Crippen LogP contribution in [0, 0.1) is 6.92 Å². The first kappa shape index (κ1) is 13.0. The number of hydrogen-bond acceptors (Lipinski definition) is 3. The number of carbonyl (C=O) groups is 1. The fraction of sp³-hybridized carbons (Fsp3) is 0.364. The van der Waals surface area contributed by atoms with Gasteiger partial charge in [-0.3, -0.25) is 4.79 Å². The van der Waals surface area contributed by atoms with Gasteiger partial charge in [0, 0.05) is 6.54 Å². The molecule has 0 aliphatic rings. The van der Waals surface area contributed by atoms with Crippen LogP contribution in [0.1, 0.15) is 11.1 Å². The number of nitrogens with one attached hydrogen (secondary N) is 2. The second-order valence-electron chi connectivity index (χ2n) is 3.55. The Morgan fingerprint density at radius 3 is 2.69 bits per heavy atom. The van der Waals surface area contributed by atoms with E-state index in [0.29, 0.717) is 17.3 Å². The molecule has 4 nitrogen and oxygen atoms in total. The van der Waals surface area contributed by atoms with E-state index < -0.39 is 0 Å². The number of rotatable bonds is 4. The molecule has 0 aliphatic carbocycles. The summed E-state index contributed by atoms with van der Waals surface area (Å²) in [5.74, 6) is -0.118. The smallest absolute Gasteiger partial charge is 0.238 e. The largest absolute Gasteiger partial charge is 0.326 e. The fourth-order valence-corrected chi connectivity index (χ4v) is 1.77. The summed E-state index contributed by atoms with van der Waals surface area (Å²) in [6, 6.07) is 3.68. The van der Waals surface area contributed by atoms with Crippen LogP contribution in [0.25, 0.3) is 0 Å². The van der Waals surface area contributed by atoms with Crippen molar-refractivity contribution in [3.05, 3.63) is 28.3 Å². The highest BCUT2D eigenvalue weighted by Gasteiger charge is 2.09. The van der Waals surface area contributed by atoms with E-state index in [2.05, 4.69) is 10.6 Å². The number of carbonyl (C=O) groups excluding carboxylic acids is 1. The quantitative estimate of drug-likeness (QED) is 0.744. The van der Waals surface area contributed by atoms with Crippen molar-refractivity contribution in [3.63, 3.8) is 0 Å². The number of halogens is 1. The van der Waals surface area contributed by atoms with Crippen LogP contribution >= 0.6 is 11.6 Å². The average molecular weight is 242 g/mol. The molecule has 88 valence electrons. The molecule has 0 heterocycles. The van der Waals surface area contributed by atoms with E-state index in [1.165, 1.54) is 0 Å². The third-order valence-electron chi connectivity index (χ3n) is 2.18. The topological polar surface area (TPSA) is 67.2 Å². The molecule has 1 aromatic carbocycles. The Balaban J connectivity index is 2.92. The Labute approximate surface area is 100 Å². The maximum atomic E-state index is 11.4.